The normalized spacial score (nSPS) is 16.2. The Morgan fingerprint density at radius 3 is 1.88 bits per heavy atom. The van der Waals surface area contributed by atoms with Crippen molar-refractivity contribution in [3.05, 3.63) is 0 Å². The molecule has 0 bridgehead atoms. The molecule has 0 spiro atoms. The zero-order chi connectivity index (χ0) is 12.8. The van der Waals surface area contributed by atoms with E-state index in [4.69, 9.17) is 31.4 Å². The van der Waals surface area contributed by atoms with Crippen molar-refractivity contribution in [3.8, 4) is 12.3 Å². The summed E-state index contributed by atoms with van der Waals surface area (Å²) in [5.41, 5.74) is -0.914. The monoisotopic (exact) mass is 264 g/mol. The SMILES string of the molecule is C#CC(C)(O[SiH2]Cl)C(OC(C)C)OC(C)C. The first-order valence-corrected chi connectivity index (χ1v) is 8.06. The average Bonchev–Trinajstić information content (AvgIpc) is 2.15. The van der Waals surface area contributed by atoms with Crippen molar-refractivity contribution in [1.29, 1.82) is 0 Å². The van der Waals surface area contributed by atoms with Gasteiger partial charge in [-0.15, -0.1) is 17.5 Å². The standard InChI is InChI=1S/C11H21ClO3Si/c1-7-11(6,15-16-12)10(13-8(2)3)14-9(4)5/h1,8-10H,16H2,2-6H3. The molecule has 16 heavy (non-hydrogen) atoms. The van der Waals surface area contributed by atoms with Crippen molar-refractivity contribution in [2.75, 3.05) is 0 Å². The summed E-state index contributed by atoms with van der Waals surface area (Å²) in [4.78, 5) is 0. The van der Waals surface area contributed by atoms with Crippen molar-refractivity contribution in [3.63, 3.8) is 0 Å². The lowest BCUT2D eigenvalue weighted by Crippen LogP contribution is -2.47. The fourth-order valence-electron chi connectivity index (χ4n) is 1.08. The maximum atomic E-state index is 5.69. The Morgan fingerprint density at radius 2 is 1.62 bits per heavy atom. The number of rotatable bonds is 7. The van der Waals surface area contributed by atoms with Crippen LogP contribution < -0.4 is 0 Å². The van der Waals surface area contributed by atoms with Crippen molar-refractivity contribution < 1.29 is 13.9 Å². The Hall–Kier alpha value is -0.0531. The summed E-state index contributed by atoms with van der Waals surface area (Å²) >= 11 is 5.69. The number of terminal acetylenes is 1. The van der Waals surface area contributed by atoms with E-state index in [1.54, 1.807) is 6.92 Å². The van der Waals surface area contributed by atoms with Crippen LogP contribution in [0.25, 0.3) is 0 Å². The summed E-state index contributed by atoms with van der Waals surface area (Å²) in [7, 11) is -1.14. The Bertz CT molecular complexity index is 230. The van der Waals surface area contributed by atoms with Gasteiger partial charge >= 0.3 is 0 Å². The highest BCUT2D eigenvalue weighted by Crippen LogP contribution is 2.22. The Balaban J connectivity index is 4.76. The second-order valence-corrected chi connectivity index (χ2v) is 5.37. The third-order valence-electron chi connectivity index (χ3n) is 1.88. The summed E-state index contributed by atoms with van der Waals surface area (Å²) < 4.78 is 16.7. The minimum absolute atomic E-state index is 0.0111. The van der Waals surface area contributed by atoms with Crippen LogP contribution in [0, 0.1) is 12.3 Å². The Labute approximate surface area is 105 Å². The molecule has 0 aliphatic carbocycles. The minimum Gasteiger partial charge on any atom is -0.388 e. The van der Waals surface area contributed by atoms with E-state index in [0.29, 0.717) is 0 Å². The molecule has 0 aromatic heterocycles. The molecule has 3 nitrogen and oxygen atoms in total. The second kappa shape index (κ2) is 7.31. The quantitative estimate of drug-likeness (QED) is 0.304. The van der Waals surface area contributed by atoms with Gasteiger partial charge in [-0.2, -0.15) is 0 Å². The minimum atomic E-state index is -1.14. The molecule has 0 amide bonds. The molecule has 0 N–H and O–H groups in total. The van der Waals surface area contributed by atoms with Gasteiger partial charge in [0.1, 0.15) is 0 Å². The predicted molar refractivity (Wildman–Crippen MR) is 69.0 cm³/mol. The maximum Gasteiger partial charge on any atom is 0.260 e. The lowest BCUT2D eigenvalue weighted by atomic mass is 10.1. The molecule has 0 aliphatic rings. The number of hydrogen-bond acceptors (Lipinski definition) is 3. The third-order valence-corrected chi connectivity index (χ3v) is 2.92. The van der Waals surface area contributed by atoms with E-state index in [9.17, 15) is 0 Å². The fourth-order valence-corrected chi connectivity index (χ4v) is 2.20. The van der Waals surface area contributed by atoms with Gasteiger partial charge < -0.3 is 13.9 Å². The fraction of sp³-hybridized carbons (Fsp3) is 0.818. The molecule has 0 saturated heterocycles. The van der Waals surface area contributed by atoms with Crippen molar-refractivity contribution in [2.45, 2.75) is 58.7 Å². The van der Waals surface area contributed by atoms with Crippen LogP contribution in [0.1, 0.15) is 34.6 Å². The first-order valence-electron chi connectivity index (χ1n) is 5.34. The van der Waals surface area contributed by atoms with Gasteiger partial charge in [0.15, 0.2) is 11.9 Å². The van der Waals surface area contributed by atoms with E-state index in [2.05, 4.69) is 5.92 Å². The molecule has 0 radical (unpaired) electrons. The van der Waals surface area contributed by atoms with Crippen molar-refractivity contribution in [2.24, 2.45) is 0 Å². The van der Waals surface area contributed by atoms with Gasteiger partial charge in [0.25, 0.3) is 9.07 Å². The Kier molecular flexibility index (Phi) is 7.28. The highest BCUT2D eigenvalue weighted by molar-refractivity contribution is 6.90. The molecule has 0 rings (SSSR count). The summed E-state index contributed by atoms with van der Waals surface area (Å²) in [6, 6.07) is 0. The smallest absolute Gasteiger partial charge is 0.260 e. The molecule has 1 atom stereocenters. The molecular weight excluding hydrogens is 244 g/mol. The summed E-state index contributed by atoms with van der Waals surface area (Å²) in [5.74, 6) is 2.57. The second-order valence-electron chi connectivity index (χ2n) is 4.21. The predicted octanol–water partition coefficient (Wildman–Crippen LogP) is 1.81. The van der Waals surface area contributed by atoms with E-state index in [1.165, 1.54) is 0 Å². The van der Waals surface area contributed by atoms with Gasteiger partial charge in [-0.25, -0.2) is 0 Å². The van der Waals surface area contributed by atoms with Crippen LogP contribution in [0.3, 0.4) is 0 Å². The molecule has 5 heteroatoms. The van der Waals surface area contributed by atoms with Crippen LogP contribution in [0.15, 0.2) is 0 Å². The van der Waals surface area contributed by atoms with E-state index < -0.39 is 21.0 Å². The molecule has 0 heterocycles. The average molecular weight is 265 g/mol. The van der Waals surface area contributed by atoms with Crippen molar-refractivity contribution in [1.82, 2.24) is 0 Å². The van der Waals surface area contributed by atoms with Crippen LogP contribution in [0.4, 0.5) is 0 Å². The van der Waals surface area contributed by atoms with Crippen LogP contribution in [-0.2, 0) is 13.9 Å². The molecule has 0 fully saturated rings. The molecule has 0 aromatic carbocycles. The van der Waals surface area contributed by atoms with Gasteiger partial charge in [-0.1, -0.05) is 5.92 Å². The summed E-state index contributed by atoms with van der Waals surface area (Å²) in [6.07, 6.45) is 4.90. The molecule has 0 aromatic rings. The first-order chi connectivity index (χ1) is 7.35. The molecule has 94 valence electrons. The number of hydrogen-bond donors (Lipinski definition) is 0. The van der Waals surface area contributed by atoms with Gasteiger partial charge in [-0.05, 0) is 34.6 Å². The third kappa shape index (κ3) is 5.33. The zero-order valence-corrected chi connectivity index (χ0v) is 12.8. The van der Waals surface area contributed by atoms with Gasteiger partial charge in [0.2, 0.25) is 0 Å². The van der Waals surface area contributed by atoms with E-state index >= 15 is 0 Å². The van der Waals surface area contributed by atoms with Crippen molar-refractivity contribution >= 4 is 20.2 Å². The zero-order valence-electron chi connectivity index (χ0n) is 10.6. The molecule has 0 saturated carbocycles. The topological polar surface area (TPSA) is 27.7 Å². The van der Waals surface area contributed by atoms with Crippen LogP contribution in [0.5, 0.6) is 0 Å². The highest BCUT2D eigenvalue weighted by Gasteiger charge is 2.36. The number of ether oxygens (including phenoxy) is 2. The molecule has 1 unspecified atom stereocenters. The van der Waals surface area contributed by atoms with E-state index in [0.717, 1.165) is 0 Å². The van der Waals surface area contributed by atoms with Crippen LogP contribution in [0.2, 0.25) is 0 Å². The first kappa shape index (κ1) is 15.9. The highest BCUT2D eigenvalue weighted by atomic mass is 35.6. The lowest BCUT2D eigenvalue weighted by Gasteiger charge is -2.34. The Morgan fingerprint density at radius 1 is 1.19 bits per heavy atom. The van der Waals surface area contributed by atoms with Crippen LogP contribution >= 0.6 is 11.1 Å². The van der Waals surface area contributed by atoms with E-state index in [1.807, 2.05) is 27.7 Å². The molecular formula is C11H21ClO3Si. The maximum absolute atomic E-state index is 5.69. The van der Waals surface area contributed by atoms with Crippen LogP contribution in [-0.4, -0.2) is 33.2 Å². The van der Waals surface area contributed by atoms with E-state index in [-0.39, 0.29) is 12.2 Å². The van der Waals surface area contributed by atoms with Gasteiger partial charge in [-0.3, -0.25) is 0 Å². The molecule has 0 aliphatic heterocycles. The summed E-state index contributed by atoms with van der Waals surface area (Å²) in [5, 5.41) is 0. The summed E-state index contributed by atoms with van der Waals surface area (Å²) in [6.45, 7) is 9.45. The lowest BCUT2D eigenvalue weighted by molar-refractivity contribution is -0.234. The largest absolute Gasteiger partial charge is 0.388 e. The van der Waals surface area contributed by atoms with Gasteiger partial charge in [0.05, 0.1) is 12.2 Å². The van der Waals surface area contributed by atoms with Gasteiger partial charge in [0, 0.05) is 0 Å². The number of halogens is 1.